The maximum atomic E-state index is 11.7. The Balaban J connectivity index is 1.74. The van der Waals surface area contributed by atoms with Crippen molar-refractivity contribution >= 4 is 18.5 Å². The predicted molar refractivity (Wildman–Crippen MR) is 78.3 cm³/mol. The molecule has 0 aliphatic heterocycles. The lowest BCUT2D eigenvalue weighted by Gasteiger charge is -2.05. The van der Waals surface area contributed by atoms with Gasteiger partial charge in [-0.3, -0.25) is 9.78 Å². The fourth-order valence-electron chi connectivity index (χ4n) is 1.74. The second-order valence-electron chi connectivity index (χ2n) is 4.26. The molecular formula is C15H16N2OS. The van der Waals surface area contributed by atoms with Crippen molar-refractivity contribution in [3.8, 4) is 0 Å². The van der Waals surface area contributed by atoms with Gasteiger partial charge in [-0.25, -0.2) is 0 Å². The van der Waals surface area contributed by atoms with Gasteiger partial charge in [-0.2, -0.15) is 0 Å². The molecule has 2 rings (SSSR count). The molecule has 1 heterocycles. The van der Waals surface area contributed by atoms with Crippen LogP contribution in [0.1, 0.15) is 11.3 Å². The van der Waals surface area contributed by atoms with Crippen LogP contribution < -0.4 is 5.32 Å². The molecule has 0 saturated heterocycles. The molecule has 0 radical (unpaired) electrons. The number of rotatable bonds is 5. The fraction of sp³-hybridized carbons (Fsp3) is 0.200. The highest BCUT2D eigenvalue weighted by Crippen LogP contribution is 2.08. The molecule has 0 saturated carbocycles. The molecule has 0 aliphatic carbocycles. The Morgan fingerprint density at radius 1 is 1.16 bits per heavy atom. The van der Waals surface area contributed by atoms with Crippen molar-refractivity contribution in [3.63, 3.8) is 0 Å². The van der Waals surface area contributed by atoms with Crippen molar-refractivity contribution in [1.82, 2.24) is 10.3 Å². The van der Waals surface area contributed by atoms with Gasteiger partial charge < -0.3 is 5.32 Å². The third-order valence-corrected chi connectivity index (χ3v) is 3.03. The summed E-state index contributed by atoms with van der Waals surface area (Å²) in [5.74, 6) is 0.0304. The summed E-state index contributed by atoms with van der Waals surface area (Å²) < 4.78 is 0. The lowest BCUT2D eigenvalue weighted by molar-refractivity contribution is -0.120. The Morgan fingerprint density at radius 2 is 1.95 bits per heavy atom. The molecule has 19 heavy (non-hydrogen) atoms. The number of hydrogen-bond donors (Lipinski definition) is 2. The van der Waals surface area contributed by atoms with Crippen LogP contribution in [0.15, 0.2) is 53.6 Å². The number of benzene rings is 1. The summed E-state index contributed by atoms with van der Waals surface area (Å²) in [6, 6.07) is 13.4. The standard InChI is InChI=1S/C15H16N2OS/c18-15(11-12-4-6-14(19)7-5-12)17-10-8-13-3-1-2-9-16-13/h1-7,9,19H,8,10-11H2,(H,17,18). The van der Waals surface area contributed by atoms with Gasteiger partial charge in [0.15, 0.2) is 0 Å². The zero-order chi connectivity index (χ0) is 13.5. The van der Waals surface area contributed by atoms with Crippen molar-refractivity contribution in [2.24, 2.45) is 0 Å². The van der Waals surface area contributed by atoms with Gasteiger partial charge >= 0.3 is 0 Å². The lowest BCUT2D eigenvalue weighted by atomic mass is 10.1. The molecule has 0 spiro atoms. The summed E-state index contributed by atoms with van der Waals surface area (Å²) in [5.41, 5.74) is 1.98. The van der Waals surface area contributed by atoms with E-state index in [4.69, 9.17) is 0 Å². The van der Waals surface area contributed by atoms with E-state index < -0.39 is 0 Å². The van der Waals surface area contributed by atoms with Crippen LogP contribution in [-0.2, 0) is 17.6 Å². The number of hydrogen-bond acceptors (Lipinski definition) is 3. The SMILES string of the molecule is O=C(Cc1ccc(S)cc1)NCCc1ccccn1. The van der Waals surface area contributed by atoms with Crippen molar-refractivity contribution in [3.05, 3.63) is 59.9 Å². The van der Waals surface area contributed by atoms with E-state index in [1.54, 1.807) is 6.20 Å². The molecule has 2 aromatic rings. The van der Waals surface area contributed by atoms with E-state index in [-0.39, 0.29) is 5.91 Å². The molecule has 0 fully saturated rings. The highest BCUT2D eigenvalue weighted by Gasteiger charge is 2.03. The molecule has 3 nitrogen and oxygen atoms in total. The minimum absolute atomic E-state index is 0.0304. The van der Waals surface area contributed by atoms with Crippen LogP contribution in [0.2, 0.25) is 0 Å². The first-order valence-corrected chi connectivity index (χ1v) is 6.63. The third-order valence-electron chi connectivity index (χ3n) is 2.73. The molecule has 1 N–H and O–H groups in total. The number of pyridine rings is 1. The van der Waals surface area contributed by atoms with Gasteiger partial charge in [0.25, 0.3) is 0 Å². The number of amides is 1. The molecule has 98 valence electrons. The molecular weight excluding hydrogens is 256 g/mol. The number of nitrogens with zero attached hydrogens (tertiary/aromatic N) is 1. The van der Waals surface area contributed by atoms with Crippen LogP contribution in [-0.4, -0.2) is 17.4 Å². The first-order valence-electron chi connectivity index (χ1n) is 6.18. The molecule has 0 atom stereocenters. The molecule has 4 heteroatoms. The van der Waals surface area contributed by atoms with E-state index in [9.17, 15) is 4.79 Å². The average Bonchev–Trinajstić information content (AvgIpc) is 2.43. The van der Waals surface area contributed by atoms with Gasteiger partial charge in [-0.15, -0.1) is 12.6 Å². The van der Waals surface area contributed by atoms with E-state index in [0.29, 0.717) is 13.0 Å². The van der Waals surface area contributed by atoms with E-state index in [2.05, 4.69) is 22.9 Å². The summed E-state index contributed by atoms with van der Waals surface area (Å²) in [6.45, 7) is 0.612. The number of thiol groups is 1. The van der Waals surface area contributed by atoms with Crippen LogP contribution in [0.4, 0.5) is 0 Å². The normalized spacial score (nSPS) is 10.2. The second-order valence-corrected chi connectivity index (χ2v) is 4.78. The topological polar surface area (TPSA) is 42.0 Å². The fourth-order valence-corrected chi connectivity index (χ4v) is 1.89. The van der Waals surface area contributed by atoms with E-state index in [0.717, 1.165) is 22.6 Å². The maximum Gasteiger partial charge on any atom is 0.224 e. The summed E-state index contributed by atoms with van der Waals surface area (Å²) in [4.78, 5) is 16.8. The van der Waals surface area contributed by atoms with Crippen LogP contribution in [0.25, 0.3) is 0 Å². The number of aromatic nitrogens is 1. The largest absolute Gasteiger partial charge is 0.355 e. The van der Waals surface area contributed by atoms with Crippen LogP contribution in [0.5, 0.6) is 0 Å². The average molecular weight is 272 g/mol. The van der Waals surface area contributed by atoms with E-state index >= 15 is 0 Å². The zero-order valence-electron chi connectivity index (χ0n) is 10.5. The van der Waals surface area contributed by atoms with Gasteiger partial charge in [0.05, 0.1) is 6.42 Å². The van der Waals surface area contributed by atoms with Gasteiger partial charge in [-0.1, -0.05) is 18.2 Å². The van der Waals surface area contributed by atoms with E-state index in [1.807, 2.05) is 42.5 Å². The summed E-state index contributed by atoms with van der Waals surface area (Å²) >= 11 is 4.21. The predicted octanol–water partition coefficient (Wildman–Crippen LogP) is 2.27. The highest BCUT2D eigenvalue weighted by atomic mass is 32.1. The summed E-state index contributed by atoms with van der Waals surface area (Å²) in [7, 11) is 0. The Morgan fingerprint density at radius 3 is 2.63 bits per heavy atom. The van der Waals surface area contributed by atoms with Gasteiger partial charge in [-0.05, 0) is 29.8 Å². The quantitative estimate of drug-likeness (QED) is 0.820. The molecule has 0 unspecified atom stereocenters. The van der Waals surface area contributed by atoms with Crippen molar-refractivity contribution in [1.29, 1.82) is 0 Å². The highest BCUT2D eigenvalue weighted by molar-refractivity contribution is 7.80. The van der Waals surface area contributed by atoms with Gasteiger partial charge in [0.2, 0.25) is 5.91 Å². The maximum absolute atomic E-state index is 11.7. The Hall–Kier alpha value is -1.81. The van der Waals surface area contributed by atoms with E-state index in [1.165, 1.54) is 0 Å². The van der Waals surface area contributed by atoms with Crippen LogP contribution >= 0.6 is 12.6 Å². The van der Waals surface area contributed by atoms with Crippen molar-refractivity contribution < 1.29 is 4.79 Å². The molecule has 0 aliphatic rings. The lowest BCUT2D eigenvalue weighted by Crippen LogP contribution is -2.27. The Kier molecular flexibility index (Phi) is 4.98. The first kappa shape index (κ1) is 13.6. The Labute approximate surface area is 118 Å². The molecule has 1 aromatic heterocycles. The molecule has 1 aromatic carbocycles. The van der Waals surface area contributed by atoms with Gasteiger partial charge in [0, 0.05) is 29.8 Å². The zero-order valence-corrected chi connectivity index (χ0v) is 11.4. The Bertz CT molecular complexity index is 526. The first-order chi connectivity index (χ1) is 9.24. The van der Waals surface area contributed by atoms with Crippen molar-refractivity contribution in [2.75, 3.05) is 6.54 Å². The number of carbonyl (C=O) groups is 1. The summed E-state index contributed by atoms with van der Waals surface area (Å²) in [6.07, 6.45) is 2.91. The monoisotopic (exact) mass is 272 g/mol. The second kappa shape index (κ2) is 6.95. The number of carbonyl (C=O) groups excluding carboxylic acids is 1. The van der Waals surface area contributed by atoms with Crippen molar-refractivity contribution in [2.45, 2.75) is 17.7 Å². The minimum atomic E-state index is 0.0304. The minimum Gasteiger partial charge on any atom is -0.355 e. The molecule has 1 amide bonds. The number of nitrogens with one attached hydrogen (secondary N) is 1. The van der Waals surface area contributed by atoms with Crippen LogP contribution in [0.3, 0.4) is 0 Å². The van der Waals surface area contributed by atoms with Crippen LogP contribution in [0, 0.1) is 0 Å². The smallest absolute Gasteiger partial charge is 0.224 e. The molecule has 0 bridgehead atoms. The third kappa shape index (κ3) is 4.75. The summed E-state index contributed by atoms with van der Waals surface area (Å²) in [5, 5.41) is 2.90. The van der Waals surface area contributed by atoms with Gasteiger partial charge in [0.1, 0.15) is 0 Å².